The molecule has 0 fully saturated rings. The van der Waals surface area contributed by atoms with Crippen molar-refractivity contribution < 1.29 is 10.2 Å². The number of benzene rings is 1. The Hall–Kier alpha value is -0.860. The van der Waals surface area contributed by atoms with E-state index in [1.54, 1.807) is 0 Å². The molecule has 2 heteroatoms. The molecule has 1 aromatic rings. The zero-order chi connectivity index (χ0) is 15.2. The van der Waals surface area contributed by atoms with Crippen LogP contribution in [0.2, 0.25) is 0 Å². The maximum atomic E-state index is 10.5. The van der Waals surface area contributed by atoms with Crippen LogP contribution in [-0.2, 0) is 12.0 Å². The van der Waals surface area contributed by atoms with Crippen molar-refractivity contribution in [2.24, 2.45) is 0 Å². The van der Waals surface area contributed by atoms with Crippen molar-refractivity contribution in [2.45, 2.75) is 77.4 Å². The summed E-state index contributed by atoms with van der Waals surface area (Å²) in [6.07, 6.45) is 4.74. The van der Waals surface area contributed by atoms with Crippen LogP contribution in [0.1, 0.15) is 70.9 Å². The van der Waals surface area contributed by atoms with Gasteiger partial charge in [-0.05, 0) is 49.7 Å². The Morgan fingerprint density at radius 2 is 1.30 bits per heavy atom. The lowest BCUT2D eigenvalue weighted by atomic mass is 9.86. The van der Waals surface area contributed by atoms with E-state index in [-0.39, 0.29) is 0 Å². The maximum absolute atomic E-state index is 10.5. The smallest absolute Gasteiger partial charge is 0.0891 e. The lowest BCUT2D eigenvalue weighted by molar-refractivity contribution is 0.0237. The van der Waals surface area contributed by atoms with Gasteiger partial charge in [-0.2, -0.15) is 0 Å². The average molecular weight is 278 g/mol. The van der Waals surface area contributed by atoms with Crippen molar-refractivity contribution in [1.29, 1.82) is 0 Å². The highest BCUT2D eigenvalue weighted by Crippen LogP contribution is 2.29. The van der Waals surface area contributed by atoms with Gasteiger partial charge in [0.15, 0.2) is 0 Å². The first-order valence-electron chi connectivity index (χ1n) is 7.97. The summed E-state index contributed by atoms with van der Waals surface area (Å²) in [5, 5.41) is 20.8. The monoisotopic (exact) mass is 278 g/mol. The Kier molecular flexibility index (Phi) is 6.22. The minimum atomic E-state index is -0.702. The zero-order valence-electron chi connectivity index (χ0n) is 13.4. The maximum Gasteiger partial charge on any atom is 0.0891 e. The summed E-state index contributed by atoms with van der Waals surface area (Å²) >= 11 is 0. The molecule has 114 valence electrons. The lowest BCUT2D eigenvalue weighted by Gasteiger charge is -2.27. The highest BCUT2D eigenvalue weighted by atomic mass is 16.3. The van der Waals surface area contributed by atoms with Crippen LogP contribution in [0.15, 0.2) is 24.3 Å². The van der Waals surface area contributed by atoms with Gasteiger partial charge in [0.05, 0.1) is 11.2 Å². The average Bonchev–Trinajstić information content (AvgIpc) is 2.52. The second-order valence-electron chi connectivity index (χ2n) is 5.87. The molecule has 0 aliphatic rings. The first kappa shape index (κ1) is 17.2. The third-order valence-corrected chi connectivity index (χ3v) is 4.86. The van der Waals surface area contributed by atoms with Crippen molar-refractivity contribution in [3.05, 3.63) is 35.4 Å². The molecule has 0 amide bonds. The number of hydrogen-bond donors (Lipinski definition) is 2. The molecule has 0 spiro atoms. The summed E-state index contributed by atoms with van der Waals surface area (Å²) in [5.74, 6) is 0. The molecule has 1 aromatic carbocycles. The van der Waals surface area contributed by atoms with E-state index in [0.717, 1.165) is 44.1 Å². The molecule has 0 atom stereocenters. The number of aryl methyl sites for hydroxylation is 1. The van der Waals surface area contributed by atoms with Gasteiger partial charge in [-0.3, -0.25) is 0 Å². The topological polar surface area (TPSA) is 40.5 Å². The van der Waals surface area contributed by atoms with E-state index in [0.29, 0.717) is 0 Å². The first-order valence-corrected chi connectivity index (χ1v) is 7.97. The summed E-state index contributed by atoms with van der Waals surface area (Å²) in [4.78, 5) is 0. The van der Waals surface area contributed by atoms with Gasteiger partial charge in [0.1, 0.15) is 0 Å². The molecule has 0 saturated heterocycles. The Bertz CT molecular complexity index is 386. The standard InChI is InChI=1S/C18H30O2/c1-5-17(19,6-2)14-13-15-9-11-16(12-10-15)18(20,7-3)8-4/h9-12,19-20H,5-8,13-14H2,1-4H3. The van der Waals surface area contributed by atoms with E-state index in [9.17, 15) is 10.2 Å². The van der Waals surface area contributed by atoms with Gasteiger partial charge in [-0.25, -0.2) is 0 Å². The van der Waals surface area contributed by atoms with E-state index >= 15 is 0 Å². The van der Waals surface area contributed by atoms with Gasteiger partial charge in [0, 0.05) is 0 Å². The minimum absolute atomic E-state index is 0.535. The van der Waals surface area contributed by atoms with Gasteiger partial charge >= 0.3 is 0 Å². The Morgan fingerprint density at radius 3 is 1.70 bits per heavy atom. The molecule has 0 radical (unpaired) electrons. The van der Waals surface area contributed by atoms with Crippen molar-refractivity contribution in [3.8, 4) is 0 Å². The normalized spacial score (nSPS) is 12.7. The van der Waals surface area contributed by atoms with Gasteiger partial charge in [-0.1, -0.05) is 52.0 Å². The van der Waals surface area contributed by atoms with Crippen LogP contribution >= 0.6 is 0 Å². The summed E-state index contributed by atoms with van der Waals surface area (Å²) in [6.45, 7) is 8.10. The molecule has 0 bridgehead atoms. The summed E-state index contributed by atoms with van der Waals surface area (Å²) in [7, 11) is 0. The van der Waals surface area contributed by atoms with Crippen molar-refractivity contribution in [2.75, 3.05) is 0 Å². The predicted octanol–water partition coefficient (Wildman–Crippen LogP) is 4.18. The molecular weight excluding hydrogens is 248 g/mol. The molecule has 0 unspecified atom stereocenters. The molecule has 0 saturated carbocycles. The summed E-state index contributed by atoms with van der Waals surface area (Å²) in [6, 6.07) is 8.22. The number of rotatable bonds is 8. The predicted molar refractivity (Wildman–Crippen MR) is 84.8 cm³/mol. The highest BCUT2D eigenvalue weighted by Gasteiger charge is 2.25. The van der Waals surface area contributed by atoms with Gasteiger partial charge in [0.2, 0.25) is 0 Å². The summed E-state index contributed by atoms with van der Waals surface area (Å²) in [5.41, 5.74) is 0.981. The van der Waals surface area contributed by atoms with Crippen molar-refractivity contribution in [3.63, 3.8) is 0 Å². The Morgan fingerprint density at radius 1 is 0.800 bits per heavy atom. The molecule has 0 heterocycles. The SMILES string of the molecule is CCC(O)(CC)CCc1ccc(C(O)(CC)CC)cc1. The second-order valence-corrected chi connectivity index (χ2v) is 5.87. The number of aliphatic hydroxyl groups is 2. The highest BCUT2D eigenvalue weighted by molar-refractivity contribution is 5.27. The largest absolute Gasteiger partial charge is 0.390 e. The fraction of sp³-hybridized carbons (Fsp3) is 0.667. The summed E-state index contributed by atoms with van der Waals surface area (Å²) < 4.78 is 0. The molecule has 2 nitrogen and oxygen atoms in total. The van der Waals surface area contributed by atoms with Crippen LogP contribution in [0.4, 0.5) is 0 Å². The fourth-order valence-electron chi connectivity index (χ4n) is 2.62. The third kappa shape index (κ3) is 4.07. The Balaban J connectivity index is 2.73. The van der Waals surface area contributed by atoms with Crippen LogP contribution in [0.25, 0.3) is 0 Å². The van der Waals surface area contributed by atoms with Crippen LogP contribution in [0, 0.1) is 0 Å². The quantitative estimate of drug-likeness (QED) is 0.749. The Labute approximate surface area is 123 Å². The second kappa shape index (κ2) is 7.24. The lowest BCUT2D eigenvalue weighted by Crippen LogP contribution is -2.27. The van der Waals surface area contributed by atoms with E-state index in [1.807, 2.05) is 39.8 Å². The van der Waals surface area contributed by atoms with E-state index in [4.69, 9.17) is 0 Å². The molecule has 0 aliphatic heterocycles. The van der Waals surface area contributed by atoms with E-state index in [1.165, 1.54) is 5.56 Å². The molecule has 20 heavy (non-hydrogen) atoms. The zero-order valence-corrected chi connectivity index (χ0v) is 13.4. The molecule has 2 N–H and O–H groups in total. The first-order chi connectivity index (χ1) is 9.43. The van der Waals surface area contributed by atoms with Crippen LogP contribution in [-0.4, -0.2) is 15.8 Å². The van der Waals surface area contributed by atoms with Crippen LogP contribution in [0.5, 0.6) is 0 Å². The fourth-order valence-corrected chi connectivity index (χ4v) is 2.62. The molecule has 1 rings (SSSR count). The van der Waals surface area contributed by atoms with Gasteiger partial charge in [0.25, 0.3) is 0 Å². The molecular formula is C18H30O2. The molecule has 0 aliphatic carbocycles. The van der Waals surface area contributed by atoms with Crippen LogP contribution < -0.4 is 0 Å². The van der Waals surface area contributed by atoms with Crippen molar-refractivity contribution in [1.82, 2.24) is 0 Å². The molecule has 0 aromatic heterocycles. The third-order valence-electron chi connectivity index (χ3n) is 4.86. The van der Waals surface area contributed by atoms with E-state index in [2.05, 4.69) is 12.1 Å². The van der Waals surface area contributed by atoms with Crippen molar-refractivity contribution >= 4 is 0 Å². The number of hydrogen-bond acceptors (Lipinski definition) is 2. The minimum Gasteiger partial charge on any atom is -0.390 e. The van der Waals surface area contributed by atoms with Gasteiger partial charge < -0.3 is 10.2 Å². The van der Waals surface area contributed by atoms with Gasteiger partial charge in [-0.15, -0.1) is 0 Å². The van der Waals surface area contributed by atoms with E-state index < -0.39 is 11.2 Å². The van der Waals surface area contributed by atoms with Crippen LogP contribution in [0.3, 0.4) is 0 Å².